The van der Waals surface area contributed by atoms with Crippen molar-refractivity contribution < 1.29 is 9.90 Å². The van der Waals surface area contributed by atoms with Crippen LogP contribution in [0.2, 0.25) is 0 Å². The quantitative estimate of drug-likeness (QED) is 0.707. The van der Waals surface area contributed by atoms with Crippen LogP contribution in [0, 0.1) is 4.77 Å². The lowest BCUT2D eigenvalue weighted by Crippen LogP contribution is -2.48. The summed E-state index contributed by atoms with van der Waals surface area (Å²) < 4.78 is 2.31. The molecule has 2 atom stereocenters. The largest absolute Gasteiger partial charge is 0.380 e. The van der Waals surface area contributed by atoms with E-state index in [4.69, 9.17) is 12.2 Å². The minimum Gasteiger partial charge on any atom is -0.380 e. The van der Waals surface area contributed by atoms with Crippen LogP contribution in [0.25, 0.3) is 0 Å². The van der Waals surface area contributed by atoms with E-state index in [1.165, 1.54) is 6.92 Å². The molecule has 1 amide bonds. The van der Waals surface area contributed by atoms with Crippen molar-refractivity contribution in [3.63, 3.8) is 0 Å². The Morgan fingerprint density at radius 1 is 1.48 bits per heavy atom. The van der Waals surface area contributed by atoms with E-state index < -0.39 is 11.5 Å². The summed E-state index contributed by atoms with van der Waals surface area (Å²) in [5.41, 5.74) is -0.616. The Labute approximate surface area is 140 Å². The Kier molecular flexibility index (Phi) is 5.33. The predicted octanol–water partition coefficient (Wildman–Crippen LogP) is 2.13. The average Bonchev–Trinajstić information content (AvgIpc) is 2.92. The molecule has 0 aliphatic heterocycles. The standard InChI is InChI=1S/C16H22N4O2S/c1-4-20-13(18-19-15(20)23)10-17-14(21)16(3,22)11(2)12-8-6-5-7-9-12/h5-9,11,22H,4,10H2,1-3H3,(H,17,21)(H,19,23). The van der Waals surface area contributed by atoms with E-state index in [0.717, 1.165) is 5.56 Å². The molecule has 124 valence electrons. The molecular weight excluding hydrogens is 312 g/mol. The van der Waals surface area contributed by atoms with Gasteiger partial charge in [0.2, 0.25) is 0 Å². The van der Waals surface area contributed by atoms with Crippen LogP contribution < -0.4 is 5.32 Å². The van der Waals surface area contributed by atoms with Crippen LogP contribution >= 0.6 is 12.2 Å². The Morgan fingerprint density at radius 3 is 2.74 bits per heavy atom. The number of hydrogen-bond acceptors (Lipinski definition) is 4. The predicted molar refractivity (Wildman–Crippen MR) is 90.4 cm³/mol. The van der Waals surface area contributed by atoms with E-state index in [9.17, 15) is 9.90 Å². The van der Waals surface area contributed by atoms with Crippen LogP contribution in [0.3, 0.4) is 0 Å². The molecule has 2 aromatic rings. The van der Waals surface area contributed by atoms with Gasteiger partial charge in [0.15, 0.2) is 10.6 Å². The molecule has 1 heterocycles. The maximum atomic E-state index is 12.4. The molecule has 2 unspecified atom stereocenters. The summed E-state index contributed by atoms with van der Waals surface area (Å²) in [7, 11) is 0. The summed E-state index contributed by atoms with van der Waals surface area (Å²) in [5.74, 6) is -0.143. The SMILES string of the molecule is CCn1c(CNC(=O)C(C)(O)C(C)c2ccccc2)n[nH]c1=S. The number of amides is 1. The second kappa shape index (κ2) is 7.06. The number of carbonyl (C=O) groups excluding carboxylic acids is 1. The lowest BCUT2D eigenvalue weighted by atomic mass is 9.84. The third-order valence-corrected chi connectivity index (χ3v) is 4.47. The van der Waals surface area contributed by atoms with Gasteiger partial charge in [0.05, 0.1) is 6.54 Å². The number of H-pyrrole nitrogens is 1. The van der Waals surface area contributed by atoms with Crippen LogP contribution in [-0.4, -0.2) is 31.4 Å². The molecule has 2 rings (SSSR count). The van der Waals surface area contributed by atoms with Crippen molar-refractivity contribution in [3.8, 4) is 0 Å². The summed E-state index contributed by atoms with van der Waals surface area (Å²) in [5, 5.41) is 20.2. The first-order valence-electron chi connectivity index (χ1n) is 7.57. The van der Waals surface area contributed by atoms with Gasteiger partial charge in [-0.05, 0) is 31.6 Å². The first-order valence-corrected chi connectivity index (χ1v) is 7.98. The Hall–Kier alpha value is -1.99. The normalized spacial score (nSPS) is 15.0. The number of nitrogens with one attached hydrogen (secondary N) is 2. The molecule has 0 aliphatic rings. The first-order chi connectivity index (χ1) is 10.9. The van der Waals surface area contributed by atoms with E-state index in [2.05, 4.69) is 15.5 Å². The fourth-order valence-electron chi connectivity index (χ4n) is 2.41. The van der Waals surface area contributed by atoms with Crippen molar-refractivity contribution in [2.24, 2.45) is 0 Å². The first kappa shape index (κ1) is 17.4. The number of hydrogen-bond donors (Lipinski definition) is 3. The molecule has 0 fully saturated rings. The molecular formula is C16H22N4O2S. The zero-order chi connectivity index (χ0) is 17.0. The molecule has 0 saturated carbocycles. The van der Waals surface area contributed by atoms with Gasteiger partial charge in [-0.3, -0.25) is 9.89 Å². The zero-order valence-electron chi connectivity index (χ0n) is 13.5. The van der Waals surface area contributed by atoms with E-state index in [1.807, 2.05) is 44.2 Å². The summed E-state index contributed by atoms with van der Waals surface area (Å²) >= 11 is 5.11. The summed E-state index contributed by atoms with van der Waals surface area (Å²) in [4.78, 5) is 12.4. The van der Waals surface area contributed by atoms with Crippen LogP contribution in [0.1, 0.15) is 38.1 Å². The van der Waals surface area contributed by atoms with Crippen LogP contribution in [0.5, 0.6) is 0 Å². The third kappa shape index (κ3) is 3.68. The fourth-order valence-corrected chi connectivity index (χ4v) is 2.69. The second-order valence-corrected chi connectivity index (χ2v) is 6.04. The van der Waals surface area contributed by atoms with Gasteiger partial charge in [0.1, 0.15) is 5.60 Å². The molecule has 3 N–H and O–H groups in total. The molecule has 0 radical (unpaired) electrons. The number of aromatic amines is 1. The van der Waals surface area contributed by atoms with E-state index in [0.29, 0.717) is 17.1 Å². The maximum absolute atomic E-state index is 12.4. The Balaban J connectivity index is 2.08. The highest BCUT2D eigenvalue weighted by molar-refractivity contribution is 7.71. The molecule has 0 saturated heterocycles. The fraction of sp³-hybridized carbons (Fsp3) is 0.438. The van der Waals surface area contributed by atoms with E-state index in [-0.39, 0.29) is 12.5 Å². The van der Waals surface area contributed by atoms with Gasteiger partial charge in [-0.1, -0.05) is 37.3 Å². The van der Waals surface area contributed by atoms with Crippen molar-refractivity contribution in [1.82, 2.24) is 20.1 Å². The monoisotopic (exact) mass is 334 g/mol. The number of benzene rings is 1. The highest BCUT2D eigenvalue weighted by atomic mass is 32.1. The van der Waals surface area contributed by atoms with Crippen LogP contribution in [-0.2, 0) is 17.9 Å². The number of rotatable bonds is 6. The number of aromatic nitrogens is 3. The third-order valence-electron chi connectivity index (χ3n) is 4.16. The van der Waals surface area contributed by atoms with Gasteiger partial charge < -0.3 is 15.0 Å². The van der Waals surface area contributed by atoms with Crippen molar-refractivity contribution in [2.75, 3.05) is 0 Å². The van der Waals surface area contributed by atoms with Gasteiger partial charge in [0, 0.05) is 12.5 Å². The number of nitrogens with zero attached hydrogens (tertiary/aromatic N) is 2. The van der Waals surface area contributed by atoms with Crippen molar-refractivity contribution in [1.29, 1.82) is 0 Å². The van der Waals surface area contributed by atoms with Gasteiger partial charge in [-0.15, -0.1) is 0 Å². The molecule has 7 heteroatoms. The van der Waals surface area contributed by atoms with Crippen molar-refractivity contribution in [2.45, 2.75) is 45.4 Å². The van der Waals surface area contributed by atoms with Gasteiger partial charge in [0.25, 0.3) is 5.91 Å². The van der Waals surface area contributed by atoms with Gasteiger partial charge in [-0.25, -0.2) is 0 Å². The molecule has 6 nitrogen and oxygen atoms in total. The van der Waals surface area contributed by atoms with Crippen LogP contribution in [0.15, 0.2) is 30.3 Å². The Bertz CT molecular complexity index is 721. The Morgan fingerprint density at radius 2 is 2.13 bits per heavy atom. The molecule has 0 spiro atoms. The summed E-state index contributed by atoms with van der Waals surface area (Å²) in [6.45, 7) is 6.17. The zero-order valence-corrected chi connectivity index (χ0v) is 14.4. The summed E-state index contributed by atoms with van der Waals surface area (Å²) in [6, 6.07) is 9.47. The number of carbonyl (C=O) groups is 1. The molecule has 0 bridgehead atoms. The van der Waals surface area contributed by atoms with Crippen molar-refractivity contribution >= 4 is 18.1 Å². The second-order valence-electron chi connectivity index (χ2n) is 5.65. The van der Waals surface area contributed by atoms with E-state index in [1.54, 1.807) is 4.57 Å². The van der Waals surface area contributed by atoms with Crippen molar-refractivity contribution in [3.05, 3.63) is 46.5 Å². The topological polar surface area (TPSA) is 82.9 Å². The lowest BCUT2D eigenvalue weighted by molar-refractivity contribution is -0.140. The molecule has 23 heavy (non-hydrogen) atoms. The number of aliphatic hydroxyl groups is 1. The van der Waals surface area contributed by atoms with Crippen LogP contribution in [0.4, 0.5) is 0 Å². The smallest absolute Gasteiger partial charge is 0.252 e. The van der Waals surface area contributed by atoms with Gasteiger partial charge in [-0.2, -0.15) is 5.10 Å². The lowest BCUT2D eigenvalue weighted by Gasteiger charge is -2.29. The molecule has 1 aromatic heterocycles. The maximum Gasteiger partial charge on any atom is 0.252 e. The molecule has 0 aliphatic carbocycles. The minimum absolute atomic E-state index is 0.206. The van der Waals surface area contributed by atoms with Gasteiger partial charge >= 0.3 is 0 Å². The highest BCUT2D eigenvalue weighted by Crippen LogP contribution is 2.27. The molecule has 1 aromatic carbocycles. The summed E-state index contributed by atoms with van der Waals surface area (Å²) in [6.07, 6.45) is 0. The minimum atomic E-state index is -1.52. The highest BCUT2D eigenvalue weighted by Gasteiger charge is 2.37. The van der Waals surface area contributed by atoms with E-state index >= 15 is 0 Å². The average molecular weight is 334 g/mol.